The monoisotopic (exact) mass is 327 g/mol. The Labute approximate surface area is 116 Å². The van der Waals surface area contributed by atoms with Gasteiger partial charge >= 0.3 is 0 Å². The van der Waals surface area contributed by atoms with Crippen LogP contribution in [-0.4, -0.2) is 21.0 Å². The lowest BCUT2D eigenvalue weighted by Crippen LogP contribution is -2.13. The van der Waals surface area contributed by atoms with Gasteiger partial charge in [-0.25, -0.2) is 9.97 Å². The minimum atomic E-state index is -0.381. The molecule has 1 amide bonds. The Balaban J connectivity index is 2.16. The van der Waals surface area contributed by atoms with Crippen LogP contribution in [0.25, 0.3) is 0 Å². The summed E-state index contributed by atoms with van der Waals surface area (Å²) in [6.07, 6.45) is 2.89. The van der Waals surface area contributed by atoms with Crippen molar-refractivity contribution in [2.45, 2.75) is 0 Å². The number of phenolic OH excluding ortho intramolecular Hbond substituents is 1. The van der Waals surface area contributed by atoms with E-state index in [9.17, 15) is 9.90 Å². The molecule has 0 radical (unpaired) electrons. The van der Waals surface area contributed by atoms with Gasteiger partial charge in [-0.15, -0.1) is 0 Å². The minimum absolute atomic E-state index is 0.0725. The van der Waals surface area contributed by atoms with Gasteiger partial charge in [-0.3, -0.25) is 4.79 Å². The van der Waals surface area contributed by atoms with Crippen molar-refractivity contribution in [1.82, 2.24) is 9.97 Å². The molecule has 0 fully saturated rings. The summed E-state index contributed by atoms with van der Waals surface area (Å²) >= 11 is 8.86. The standard InChI is InChI=1S/C11H7BrClN3O2/c12-9-4-15-10(5-14-9)16-11(18)6-1-2-8(17)7(13)3-6/h1-5,17H,(H,15,16,18). The maximum atomic E-state index is 11.8. The van der Waals surface area contributed by atoms with Crippen molar-refractivity contribution in [3.63, 3.8) is 0 Å². The predicted octanol–water partition coefficient (Wildman–Crippen LogP) is 2.85. The average Bonchev–Trinajstić information content (AvgIpc) is 2.35. The Kier molecular flexibility index (Phi) is 3.78. The lowest BCUT2D eigenvalue weighted by Gasteiger charge is -2.05. The number of anilines is 1. The molecule has 2 rings (SSSR count). The van der Waals surface area contributed by atoms with Crippen molar-refractivity contribution in [2.75, 3.05) is 5.32 Å². The molecule has 5 nitrogen and oxygen atoms in total. The quantitative estimate of drug-likeness (QED) is 0.889. The maximum Gasteiger partial charge on any atom is 0.256 e. The van der Waals surface area contributed by atoms with Crippen LogP contribution in [0.2, 0.25) is 5.02 Å². The van der Waals surface area contributed by atoms with E-state index in [1.165, 1.54) is 30.6 Å². The SMILES string of the molecule is O=C(Nc1cnc(Br)cn1)c1ccc(O)c(Cl)c1. The van der Waals surface area contributed by atoms with Crippen LogP contribution in [0.1, 0.15) is 10.4 Å². The number of carbonyl (C=O) groups excluding carboxylic acids is 1. The van der Waals surface area contributed by atoms with Crippen molar-refractivity contribution in [1.29, 1.82) is 0 Å². The molecule has 0 aliphatic heterocycles. The van der Waals surface area contributed by atoms with E-state index in [1.54, 1.807) is 0 Å². The zero-order valence-electron chi connectivity index (χ0n) is 8.89. The summed E-state index contributed by atoms with van der Waals surface area (Å²) in [7, 11) is 0. The van der Waals surface area contributed by atoms with Crippen LogP contribution < -0.4 is 5.32 Å². The van der Waals surface area contributed by atoms with E-state index in [0.717, 1.165) is 0 Å². The summed E-state index contributed by atoms with van der Waals surface area (Å²) < 4.78 is 0.577. The van der Waals surface area contributed by atoms with E-state index in [2.05, 4.69) is 31.2 Å². The highest BCUT2D eigenvalue weighted by Gasteiger charge is 2.09. The summed E-state index contributed by atoms with van der Waals surface area (Å²) in [5.41, 5.74) is 0.322. The van der Waals surface area contributed by atoms with Gasteiger partial charge in [0.2, 0.25) is 0 Å². The summed E-state index contributed by atoms with van der Waals surface area (Å²) in [4.78, 5) is 19.7. The van der Waals surface area contributed by atoms with Gasteiger partial charge in [-0.2, -0.15) is 0 Å². The second-order valence-electron chi connectivity index (χ2n) is 3.34. The molecule has 1 heterocycles. The predicted molar refractivity (Wildman–Crippen MR) is 70.8 cm³/mol. The fraction of sp³-hybridized carbons (Fsp3) is 0. The number of halogens is 2. The molecule has 1 aromatic heterocycles. The Morgan fingerprint density at radius 2 is 2.11 bits per heavy atom. The molecule has 0 saturated carbocycles. The molecule has 0 bridgehead atoms. The van der Waals surface area contributed by atoms with E-state index < -0.39 is 0 Å². The van der Waals surface area contributed by atoms with Gasteiger partial charge in [0, 0.05) is 5.56 Å². The van der Waals surface area contributed by atoms with Crippen LogP contribution in [0.4, 0.5) is 5.82 Å². The van der Waals surface area contributed by atoms with Crippen molar-refractivity contribution in [3.8, 4) is 5.75 Å². The molecule has 0 spiro atoms. The number of nitrogens with zero attached hydrogens (tertiary/aromatic N) is 2. The number of aromatic nitrogens is 2. The van der Waals surface area contributed by atoms with Crippen molar-refractivity contribution >= 4 is 39.3 Å². The number of hydrogen-bond acceptors (Lipinski definition) is 4. The van der Waals surface area contributed by atoms with Gasteiger partial charge in [0.15, 0.2) is 5.82 Å². The highest BCUT2D eigenvalue weighted by atomic mass is 79.9. The third kappa shape index (κ3) is 2.96. The molecule has 0 atom stereocenters. The third-order valence-electron chi connectivity index (χ3n) is 2.07. The number of hydrogen-bond donors (Lipinski definition) is 2. The highest BCUT2D eigenvalue weighted by molar-refractivity contribution is 9.10. The molecule has 0 aliphatic rings. The number of phenols is 1. The lowest BCUT2D eigenvalue weighted by molar-refractivity contribution is 0.102. The van der Waals surface area contributed by atoms with Crippen molar-refractivity contribution in [2.24, 2.45) is 0 Å². The van der Waals surface area contributed by atoms with E-state index in [-0.39, 0.29) is 16.7 Å². The van der Waals surface area contributed by atoms with Crippen molar-refractivity contribution in [3.05, 3.63) is 45.8 Å². The summed E-state index contributed by atoms with van der Waals surface area (Å²) in [5.74, 6) is -0.127. The van der Waals surface area contributed by atoms with Gasteiger partial charge in [0.05, 0.1) is 17.4 Å². The number of benzene rings is 1. The lowest BCUT2D eigenvalue weighted by atomic mass is 10.2. The van der Waals surface area contributed by atoms with Gasteiger partial charge in [-0.05, 0) is 34.1 Å². The van der Waals surface area contributed by atoms with E-state index in [4.69, 9.17) is 11.6 Å². The Morgan fingerprint density at radius 3 is 2.72 bits per heavy atom. The zero-order valence-corrected chi connectivity index (χ0v) is 11.2. The van der Waals surface area contributed by atoms with Crippen LogP contribution >= 0.6 is 27.5 Å². The average molecular weight is 329 g/mol. The molecule has 1 aromatic carbocycles. The first-order valence-electron chi connectivity index (χ1n) is 4.83. The van der Waals surface area contributed by atoms with E-state index in [1.807, 2.05) is 0 Å². The largest absolute Gasteiger partial charge is 0.506 e. The summed E-state index contributed by atoms with van der Waals surface area (Å²) in [6.45, 7) is 0. The maximum absolute atomic E-state index is 11.8. The second-order valence-corrected chi connectivity index (χ2v) is 4.56. The molecule has 0 aliphatic carbocycles. The van der Waals surface area contributed by atoms with E-state index in [0.29, 0.717) is 16.0 Å². The molecule has 18 heavy (non-hydrogen) atoms. The Bertz CT molecular complexity index is 589. The van der Waals surface area contributed by atoms with Crippen LogP contribution in [0.5, 0.6) is 5.75 Å². The van der Waals surface area contributed by atoms with Crippen LogP contribution in [-0.2, 0) is 0 Å². The summed E-state index contributed by atoms with van der Waals surface area (Å²) in [6, 6.07) is 4.19. The first-order chi connectivity index (χ1) is 8.56. The van der Waals surface area contributed by atoms with Gasteiger partial charge in [-0.1, -0.05) is 11.6 Å². The normalized spacial score (nSPS) is 10.1. The van der Waals surface area contributed by atoms with Gasteiger partial charge < -0.3 is 10.4 Å². The number of amides is 1. The highest BCUT2D eigenvalue weighted by Crippen LogP contribution is 2.23. The number of carbonyl (C=O) groups is 1. The second kappa shape index (κ2) is 5.32. The van der Waals surface area contributed by atoms with Crippen LogP contribution in [0, 0.1) is 0 Å². The fourth-order valence-electron chi connectivity index (χ4n) is 1.21. The number of nitrogens with one attached hydrogen (secondary N) is 1. The molecule has 0 saturated heterocycles. The summed E-state index contributed by atoms with van der Waals surface area (Å²) in [5, 5.41) is 11.9. The van der Waals surface area contributed by atoms with Gasteiger partial charge in [0.1, 0.15) is 10.4 Å². The molecular formula is C11H7BrClN3O2. The van der Waals surface area contributed by atoms with Crippen LogP contribution in [0.15, 0.2) is 35.2 Å². The molecule has 0 unspecified atom stereocenters. The van der Waals surface area contributed by atoms with Crippen molar-refractivity contribution < 1.29 is 9.90 Å². The Morgan fingerprint density at radius 1 is 1.33 bits per heavy atom. The molecule has 2 N–H and O–H groups in total. The van der Waals surface area contributed by atoms with E-state index >= 15 is 0 Å². The topological polar surface area (TPSA) is 75.1 Å². The molecule has 7 heteroatoms. The number of aromatic hydroxyl groups is 1. The smallest absolute Gasteiger partial charge is 0.256 e. The third-order valence-corrected chi connectivity index (χ3v) is 2.78. The van der Waals surface area contributed by atoms with Crippen LogP contribution in [0.3, 0.4) is 0 Å². The number of rotatable bonds is 2. The van der Waals surface area contributed by atoms with Gasteiger partial charge in [0.25, 0.3) is 5.91 Å². The first-order valence-corrected chi connectivity index (χ1v) is 6.01. The first kappa shape index (κ1) is 12.8. The molecule has 2 aromatic rings. The minimum Gasteiger partial charge on any atom is -0.506 e. The zero-order chi connectivity index (χ0) is 13.1. The molecule has 92 valence electrons. The fourth-order valence-corrected chi connectivity index (χ4v) is 1.60. The Hall–Kier alpha value is -1.66. The molecular weight excluding hydrogens is 321 g/mol.